The second-order valence-corrected chi connectivity index (χ2v) is 5.11. The van der Waals surface area contributed by atoms with Gasteiger partial charge in [-0.1, -0.05) is 6.42 Å². The first kappa shape index (κ1) is 13.1. The Morgan fingerprint density at radius 1 is 1.25 bits per heavy atom. The number of nitrogens with zero attached hydrogens (tertiary/aromatic N) is 4. The summed E-state index contributed by atoms with van der Waals surface area (Å²) in [5, 5.41) is 3.36. The highest BCUT2D eigenvalue weighted by Crippen LogP contribution is 2.15. The van der Waals surface area contributed by atoms with Crippen LogP contribution in [0.1, 0.15) is 19.3 Å². The molecule has 1 aliphatic heterocycles. The van der Waals surface area contributed by atoms with Crippen LogP contribution in [0.4, 0.5) is 11.6 Å². The number of hydrogen-bond acceptors (Lipinski definition) is 6. The fraction of sp³-hybridized carbons (Fsp3) is 0.538. The van der Waals surface area contributed by atoms with E-state index in [-0.39, 0.29) is 0 Å². The van der Waals surface area contributed by atoms with E-state index in [9.17, 15) is 0 Å². The molecule has 7 heteroatoms. The summed E-state index contributed by atoms with van der Waals surface area (Å²) in [6.45, 7) is 4.31. The molecule has 1 aliphatic rings. The molecule has 1 fully saturated rings. The van der Waals surface area contributed by atoms with Crippen molar-refractivity contribution >= 4 is 17.3 Å². The number of nitrogens with two attached hydrogens (primary N) is 1. The number of nitrogen functional groups attached to an aromatic ring is 1. The van der Waals surface area contributed by atoms with E-state index in [1.165, 1.54) is 32.4 Å². The third kappa shape index (κ3) is 2.83. The standard InChI is InChI=1S/C13H21N7/c14-18-11-10-20-9-5-16-13(20)12(17-11)15-4-8-19-6-2-1-3-7-19/h5,9-10,18H,1-4,6-8,14H2,(H,15,17). The summed E-state index contributed by atoms with van der Waals surface area (Å²) in [4.78, 5) is 11.2. The molecule has 108 valence electrons. The van der Waals surface area contributed by atoms with Crippen LogP contribution >= 0.6 is 0 Å². The number of imidazole rings is 1. The fourth-order valence-corrected chi connectivity index (χ4v) is 2.64. The van der Waals surface area contributed by atoms with Gasteiger partial charge in [-0.3, -0.25) is 0 Å². The number of hydrogen-bond donors (Lipinski definition) is 3. The molecule has 0 aromatic carbocycles. The molecule has 2 aromatic heterocycles. The van der Waals surface area contributed by atoms with Crippen LogP contribution in [-0.2, 0) is 0 Å². The van der Waals surface area contributed by atoms with Gasteiger partial charge in [0, 0.05) is 25.5 Å². The molecular weight excluding hydrogens is 254 g/mol. The number of nitrogens with one attached hydrogen (secondary N) is 2. The van der Waals surface area contributed by atoms with Crippen LogP contribution in [0.25, 0.3) is 5.65 Å². The predicted octanol–water partition coefficient (Wildman–Crippen LogP) is 0.913. The normalized spacial score (nSPS) is 16.4. The van der Waals surface area contributed by atoms with E-state index in [1.54, 1.807) is 6.20 Å². The third-order valence-corrected chi connectivity index (χ3v) is 3.69. The Kier molecular flexibility index (Phi) is 3.98. The summed E-state index contributed by atoms with van der Waals surface area (Å²) in [6, 6.07) is 0. The van der Waals surface area contributed by atoms with E-state index in [0.717, 1.165) is 24.6 Å². The second kappa shape index (κ2) is 6.06. The summed E-state index contributed by atoms with van der Waals surface area (Å²) < 4.78 is 1.91. The number of rotatable bonds is 5. The Morgan fingerprint density at radius 2 is 2.10 bits per heavy atom. The molecule has 1 saturated heterocycles. The van der Waals surface area contributed by atoms with Gasteiger partial charge in [0.05, 0.1) is 6.20 Å². The number of likely N-dealkylation sites (tertiary alicyclic amines) is 1. The number of fused-ring (bicyclic) bond motifs is 1. The van der Waals surface area contributed by atoms with Crippen LogP contribution in [0, 0.1) is 0 Å². The van der Waals surface area contributed by atoms with Crippen molar-refractivity contribution in [2.75, 3.05) is 36.9 Å². The summed E-state index contributed by atoms with van der Waals surface area (Å²) >= 11 is 0. The molecule has 0 saturated carbocycles. The number of anilines is 2. The average molecular weight is 275 g/mol. The first-order valence-corrected chi connectivity index (χ1v) is 7.13. The molecule has 0 spiro atoms. The van der Waals surface area contributed by atoms with Crippen molar-refractivity contribution in [3.05, 3.63) is 18.6 Å². The maximum atomic E-state index is 5.44. The van der Waals surface area contributed by atoms with Crippen molar-refractivity contribution < 1.29 is 0 Å². The van der Waals surface area contributed by atoms with Gasteiger partial charge in [-0.2, -0.15) is 0 Å². The third-order valence-electron chi connectivity index (χ3n) is 3.69. The van der Waals surface area contributed by atoms with Gasteiger partial charge in [0.25, 0.3) is 0 Å². The summed E-state index contributed by atoms with van der Waals surface area (Å²) in [6.07, 6.45) is 9.45. The average Bonchev–Trinajstić information content (AvgIpc) is 2.96. The Morgan fingerprint density at radius 3 is 2.90 bits per heavy atom. The van der Waals surface area contributed by atoms with E-state index >= 15 is 0 Å². The molecule has 0 bridgehead atoms. The zero-order chi connectivity index (χ0) is 13.8. The Bertz CT molecular complexity index is 559. The molecule has 3 rings (SSSR count). The molecule has 0 unspecified atom stereocenters. The van der Waals surface area contributed by atoms with Crippen molar-refractivity contribution in [2.45, 2.75) is 19.3 Å². The monoisotopic (exact) mass is 275 g/mol. The first-order valence-electron chi connectivity index (χ1n) is 7.13. The Labute approximate surface area is 118 Å². The molecule has 20 heavy (non-hydrogen) atoms. The summed E-state index contributed by atoms with van der Waals surface area (Å²) in [5.41, 5.74) is 3.40. The van der Waals surface area contributed by atoms with E-state index in [1.807, 2.05) is 16.8 Å². The smallest absolute Gasteiger partial charge is 0.180 e. The molecule has 3 heterocycles. The van der Waals surface area contributed by atoms with Crippen molar-refractivity contribution in [3.63, 3.8) is 0 Å². The quantitative estimate of drug-likeness (QED) is 0.556. The van der Waals surface area contributed by atoms with Gasteiger partial charge in [-0.15, -0.1) is 0 Å². The van der Waals surface area contributed by atoms with Crippen LogP contribution in [0.2, 0.25) is 0 Å². The zero-order valence-electron chi connectivity index (χ0n) is 11.5. The van der Waals surface area contributed by atoms with Crippen LogP contribution in [0.3, 0.4) is 0 Å². The van der Waals surface area contributed by atoms with Crippen molar-refractivity contribution in [2.24, 2.45) is 5.84 Å². The lowest BCUT2D eigenvalue weighted by Gasteiger charge is -2.26. The Hall–Kier alpha value is -1.86. The van der Waals surface area contributed by atoms with E-state index in [2.05, 4.69) is 25.6 Å². The topological polar surface area (TPSA) is 83.5 Å². The SMILES string of the molecule is NNc1cn2ccnc2c(NCCN2CCCCC2)n1. The molecule has 0 amide bonds. The lowest BCUT2D eigenvalue weighted by molar-refractivity contribution is 0.237. The van der Waals surface area contributed by atoms with E-state index in [0.29, 0.717) is 5.82 Å². The van der Waals surface area contributed by atoms with Gasteiger partial charge in [-0.05, 0) is 25.9 Å². The van der Waals surface area contributed by atoms with E-state index in [4.69, 9.17) is 5.84 Å². The largest absolute Gasteiger partial charge is 0.366 e. The van der Waals surface area contributed by atoms with Gasteiger partial charge in [0.15, 0.2) is 17.3 Å². The minimum atomic E-state index is 0.621. The van der Waals surface area contributed by atoms with Crippen LogP contribution in [0.15, 0.2) is 18.6 Å². The van der Waals surface area contributed by atoms with Gasteiger partial charge < -0.3 is 20.0 Å². The van der Waals surface area contributed by atoms with Gasteiger partial charge in [-0.25, -0.2) is 15.8 Å². The molecule has 7 nitrogen and oxygen atoms in total. The van der Waals surface area contributed by atoms with Gasteiger partial charge >= 0.3 is 0 Å². The molecule has 0 atom stereocenters. The lowest BCUT2D eigenvalue weighted by Crippen LogP contribution is -2.33. The molecule has 0 aliphatic carbocycles. The van der Waals surface area contributed by atoms with Crippen LogP contribution < -0.4 is 16.6 Å². The van der Waals surface area contributed by atoms with E-state index < -0.39 is 0 Å². The van der Waals surface area contributed by atoms with Crippen LogP contribution in [-0.4, -0.2) is 45.4 Å². The highest BCUT2D eigenvalue weighted by Gasteiger charge is 2.10. The predicted molar refractivity (Wildman–Crippen MR) is 79.6 cm³/mol. The minimum absolute atomic E-state index is 0.621. The number of piperidine rings is 1. The highest BCUT2D eigenvalue weighted by atomic mass is 15.3. The van der Waals surface area contributed by atoms with Gasteiger partial charge in [0.2, 0.25) is 0 Å². The number of hydrazine groups is 1. The van der Waals surface area contributed by atoms with Crippen molar-refractivity contribution in [3.8, 4) is 0 Å². The highest BCUT2D eigenvalue weighted by molar-refractivity contribution is 5.65. The summed E-state index contributed by atoms with van der Waals surface area (Å²) in [7, 11) is 0. The lowest BCUT2D eigenvalue weighted by atomic mass is 10.1. The Balaban J connectivity index is 1.65. The minimum Gasteiger partial charge on any atom is -0.366 e. The van der Waals surface area contributed by atoms with Crippen molar-refractivity contribution in [1.29, 1.82) is 0 Å². The maximum absolute atomic E-state index is 5.44. The second-order valence-electron chi connectivity index (χ2n) is 5.11. The van der Waals surface area contributed by atoms with Crippen LogP contribution in [0.5, 0.6) is 0 Å². The van der Waals surface area contributed by atoms with Crippen molar-refractivity contribution in [1.82, 2.24) is 19.3 Å². The maximum Gasteiger partial charge on any atom is 0.180 e. The molecule has 2 aromatic rings. The number of aromatic nitrogens is 3. The fourth-order valence-electron chi connectivity index (χ4n) is 2.64. The zero-order valence-corrected chi connectivity index (χ0v) is 11.5. The first-order chi connectivity index (χ1) is 9.86. The summed E-state index contributed by atoms with van der Waals surface area (Å²) in [5.74, 6) is 6.83. The molecule has 4 N–H and O–H groups in total. The molecule has 0 radical (unpaired) electrons. The molecular formula is C13H21N7. The van der Waals surface area contributed by atoms with Gasteiger partial charge in [0.1, 0.15) is 0 Å².